The lowest BCUT2D eigenvalue weighted by atomic mass is 9.92. The number of Topliss-reactive ketones (excluding diaryl/α,β-unsaturated/α-hetero) is 1. The van der Waals surface area contributed by atoms with E-state index in [0.717, 1.165) is 37.1 Å². The molecule has 1 aliphatic carbocycles. The first-order valence-electron chi connectivity index (χ1n) is 7.28. The summed E-state index contributed by atoms with van der Waals surface area (Å²) in [6.07, 6.45) is 3.86. The molecule has 0 saturated carbocycles. The Bertz CT molecular complexity index is 714. The maximum atomic E-state index is 11.9. The molecule has 0 fully saturated rings. The molecule has 3 nitrogen and oxygen atoms in total. The fourth-order valence-corrected chi connectivity index (χ4v) is 2.77. The molecule has 2 aromatic rings. The largest absolute Gasteiger partial charge is 0.294 e. The molecule has 104 valence electrons. The number of nitriles is 1. The van der Waals surface area contributed by atoms with Crippen LogP contribution in [0.15, 0.2) is 36.4 Å². The molecule has 1 aromatic heterocycles. The molecule has 0 spiro atoms. The molecule has 0 N–H and O–H groups in total. The van der Waals surface area contributed by atoms with Gasteiger partial charge in [-0.1, -0.05) is 30.3 Å². The van der Waals surface area contributed by atoms with Crippen molar-refractivity contribution >= 4 is 5.78 Å². The number of pyridine rings is 1. The fourth-order valence-electron chi connectivity index (χ4n) is 2.77. The Morgan fingerprint density at radius 2 is 1.95 bits per heavy atom. The van der Waals surface area contributed by atoms with Gasteiger partial charge in [-0.15, -0.1) is 0 Å². The second-order valence-electron chi connectivity index (χ2n) is 5.35. The summed E-state index contributed by atoms with van der Waals surface area (Å²) in [6.45, 7) is 0. The zero-order valence-electron chi connectivity index (χ0n) is 11.8. The summed E-state index contributed by atoms with van der Waals surface area (Å²) in [5.41, 5.74) is 4.11. The van der Waals surface area contributed by atoms with Crippen molar-refractivity contribution < 1.29 is 4.79 Å². The van der Waals surface area contributed by atoms with Crippen LogP contribution in [0, 0.1) is 11.3 Å². The van der Waals surface area contributed by atoms with Gasteiger partial charge in [0.05, 0.1) is 17.0 Å². The van der Waals surface area contributed by atoms with Gasteiger partial charge in [0, 0.05) is 12.0 Å². The molecule has 3 rings (SSSR count). The third-order valence-electron chi connectivity index (χ3n) is 3.91. The smallest absolute Gasteiger partial charge is 0.164 e. The molecule has 0 unspecified atom stereocenters. The number of nitrogens with zero attached hydrogens (tertiary/aromatic N) is 2. The number of rotatable bonds is 3. The molecule has 0 amide bonds. The van der Waals surface area contributed by atoms with Crippen LogP contribution in [-0.2, 0) is 19.3 Å². The second kappa shape index (κ2) is 5.88. The lowest BCUT2D eigenvalue weighted by molar-refractivity contribution is 0.0971. The Hall–Kier alpha value is -2.47. The molecule has 0 radical (unpaired) electrons. The summed E-state index contributed by atoms with van der Waals surface area (Å²) in [7, 11) is 0. The number of carbonyl (C=O) groups is 1. The van der Waals surface area contributed by atoms with Gasteiger partial charge < -0.3 is 0 Å². The van der Waals surface area contributed by atoms with Gasteiger partial charge in [-0.2, -0.15) is 5.26 Å². The Kier molecular flexibility index (Phi) is 3.79. The Morgan fingerprint density at radius 3 is 2.71 bits per heavy atom. The summed E-state index contributed by atoms with van der Waals surface area (Å²) in [4.78, 5) is 16.5. The number of carbonyl (C=O) groups excluding carboxylic acids is 1. The minimum Gasteiger partial charge on any atom is -0.294 e. The molecular weight excluding hydrogens is 260 g/mol. The number of hydrogen-bond donors (Lipinski definition) is 0. The first-order chi connectivity index (χ1) is 10.3. The van der Waals surface area contributed by atoms with Gasteiger partial charge in [0.15, 0.2) is 5.78 Å². The SMILES string of the molecule is N#Cc1cc2c(nc1CCc1ccccc1)CCCC2=O. The summed E-state index contributed by atoms with van der Waals surface area (Å²) < 4.78 is 0. The molecular formula is C18H16N2O. The van der Waals surface area contributed by atoms with Gasteiger partial charge >= 0.3 is 0 Å². The Morgan fingerprint density at radius 1 is 1.14 bits per heavy atom. The summed E-state index contributed by atoms with van der Waals surface area (Å²) in [6, 6.07) is 14.1. The number of fused-ring (bicyclic) bond motifs is 1. The molecule has 1 aliphatic rings. The van der Waals surface area contributed by atoms with Crippen molar-refractivity contribution in [3.05, 3.63) is 64.5 Å². The quantitative estimate of drug-likeness (QED) is 0.864. The van der Waals surface area contributed by atoms with E-state index in [9.17, 15) is 10.1 Å². The summed E-state index contributed by atoms with van der Waals surface area (Å²) in [5, 5.41) is 9.30. The van der Waals surface area contributed by atoms with E-state index in [1.165, 1.54) is 5.56 Å². The van der Waals surface area contributed by atoms with Crippen LogP contribution in [0.3, 0.4) is 0 Å². The van der Waals surface area contributed by atoms with Crippen molar-refractivity contribution in [1.82, 2.24) is 4.98 Å². The molecule has 21 heavy (non-hydrogen) atoms. The first-order valence-corrected chi connectivity index (χ1v) is 7.28. The zero-order valence-corrected chi connectivity index (χ0v) is 11.8. The molecule has 0 aliphatic heterocycles. The number of hydrogen-bond acceptors (Lipinski definition) is 3. The van der Waals surface area contributed by atoms with E-state index in [0.29, 0.717) is 17.5 Å². The van der Waals surface area contributed by atoms with Crippen molar-refractivity contribution in [3.63, 3.8) is 0 Å². The second-order valence-corrected chi connectivity index (χ2v) is 5.35. The maximum Gasteiger partial charge on any atom is 0.164 e. The first kappa shape index (κ1) is 13.5. The average Bonchev–Trinajstić information content (AvgIpc) is 2.53. The molecule has 1 aromatic carbocycles. The van der Waals surface area contributed by atoms with Gasteiger partial charge in [-0.3, -0.25) is 9.78 Å². The maximum absolute atomic E-state index is 11.9. The monoisotopic (exact) mass is 276 g/mol. The molecule has 0 bridgehead atoms. The van der Waals surface area contributed by atoms with Crippen molar-refractivity contribution in [2.24, 2.45) is 0 Å². The van der Waals surface area contributed by atoms with Gasteiger partial charge in [0.25, 0.3) is 0 Å². The van der Waals surface area contributed by atoms with E-state index in [-0.39, 0.29) is 5.78 Å². The van der Waals surface area contributed by atoms with Crippen molar-refractivity contribution in [1.29, 1.82) is 5.26 Å². The van der Waals surface area contributed by atoms with Crippen LogP contribution in [0.1, 0.15) is 45.7 Å². The molecule has 0 atom stereocenters. The van der Waals surface area contributed by atoms with Crippen LogP contribution >= 0.6 is 0 Å². The predicted octanol–water partition coefficient (Wildman–Crippen LogP) is 3.26. The van der Waals surface area contributed by atoms with Crippen LogP contribution in [-0.4, -0.2) is 10.8 Å². The van der Waals surface area contributed by atoms with E-state index >= 15 is 0 Å². The van der Waals surface area contributed by atoms with Gasteiger partial charge in [0.1, 0.15) is 6.07 Å². The van der Waals surface area contributed by atoms with Crippen LogP contribution in [0.4, 0.5) is 0 Å². The van der Waals surface area contributed by atoms with Crippen molar-refractivity contribution in [2.45, 2.75) is 32.1 Å². The Labute approximate surface area is 124 Å². The molecule has 0 saturated heterocycles. The highest BCUT2D eigenvalue weighted by atomic mass is 16.1. The van der Waals surface area contributed by atoms with E-state index in [4.69, 9.17) is 0 Å². The lowest BCUT2D eigenvalue weighted by Gasteiger charge is -2.15. The van der Waals surface area contributed by atoms with Crippen LogP contribution in [0.25, 0.3) is 0 Å². The summed E-state index contributed by atoms with van der Waals surface area (Å²) >= 11 is 0. The number of aromatic nitrogens is 1. The fraction of sp³-hybridized carbons (Fsp3) is 0.278. The number of aryl methyl sites for hydroxylation is 3. The zero-order chi connectivity index (χ0) is 14.7. The van der Waals surface area contributed by atoms with Crippen LogP contribution in [0.5, 0.6) is 0 Å². The van der Waals surface area contributed by atoms with E-state index in [2.05, 4.69) is 23.2 Å². The van der Waals surface area contributed by atoms with Crippen molar-refractivity contribution in [3.8, 4) is 6.07 Å². The van der Waals surface area contributed by atoms with Crippen LogP contribution < -0.4 is 0 Å². The van der Waals surface area contributed by atoms with Gasteiger partial charge in [-0.05, 0) is 37.3 Å². The topological polar surface area (TPSA) is 53.8 Å². The van der Waals surface area contributed by atoms with E-state index in [1.807, 2.05) is 18.2 Å². The highest BCUT2D eigenvalue weighted by molar-refractivity contribution is 5.98. The molecule has 3 heteroatoms. The highest BCUT2D eigenvalue weighted by Gasteiger charge is 2.20. The van der Waals surface area contributed by atoms with Gasteiger partial charge in [0.2, 0.25) is 0 Å². The summed E-state index contributed by atoms with van der Waals surface area (Å²) in [5.74, 6) is 0.120. The minimum absolute atomic E-state index is 0.120. The van der Waals surface area contributed by atoms with Crippen LogP contribution in [0.2, 0.25) is 0 Å². The average molecular weight is 276 g/mol. The number of ketones is 1. The standard InChI is InChI=1S/C18H16N2O/c19-12-14-11-15-17(7-4-8-18(15)21)20-16(14)10-9-13-5-2-1-3-6-13/h1-3,5-6,11H,4,7-10H2. The van der Waals surface area contributed by atoms with E-state index in [1.54, 1.807) is 6.07 Å². The third kappa shape index (κ3) is 2.85. The van der Waals surface area contributed by atoms with Gasteiger partial charge in [-0.25, -0.2) is 0 Å². The number of benzene rings is 1. The highest BCUT2D eigenvalue weighted by Crippen LogP contribution is 2.23. The third-order valence-corrected chi connectivity index (χ3v) is 3.91. The van der Waals surface area contributed by atoms with Crippen molar-refractivity contribution in [2.75, 3.05) is 0 Å². The molecule has 1 heterocycles. The predicted molar refractivity (Wildman–Crippen MR) is 80.1 cm³/mol. The lowest BCUT2D eigenvalue weighted by Crippen LogP contribution is -2.15. The van der Waals surface area contributed by atoms with E-state index < -0.39 is 0 Å². The normalized spacial score (nSPS) is 13.6. The Balaban J connectivity index is 1.88. The minimum atomic E-state index is 0.120.